The quantitative estimate of drug-likeness (QED) is 0.172. The summed E-state index contributed by atoms with van der Waals surface area (Å²) in [4.78, 5) is 2.50. The molecule has 3 aliphatic carbocycles. The molecule has 3 aliphatic rings. The molecule has 0 saturated heterocycles. The minimum Gasteiger partial charge on any atom is -0.310 e. The van der Waals surface area contributed by atoms with Gasteiger partial charge >= 0.3 is 0 Å². The van der Waals surface area contributed by atoms with Crippen LogP contribution in [0, 0.1) is 0 Å². The van der Waals surface area contributed by atoms with E-state index in [2.05, 4.69) is 228 Å². The minimum absolute atomic E-state index is 0.00671. The van der Waals surface area contributed by atoms with E-state index in [1.165, 1.54) is 100 Å². The summed E-state index contributed by atoms with van der Waals surface area (Å²) in [6, 6.07) is 53.6. The Kier molecular flexibility index (Phi) is 8.15. The molecule has 10 rings (SSSR count). The standard InChI is InChI=1S/C59H59N/c1-55(2,3)37-32-46-44-31-29-40(35-51(44)59(11,12)54(46)52(33-37)56(4,5)6)60(39-28-30-43-42-18-13-15-21-47(42)58(9,10)50(43)34-39)38-26-24-36(25-27-38)41-20-17-23-49-53(41)45-19-14-16-22-48(45)57(49,7)8/h13-35H,1-12H3. The molecule has 60 heavy (non-hydrogen) atoms. The zero-order valence-corrected chi connectivity index (χ0v) is 37.7. The number of rotatable bonds is 4. The van der Waals surface area contributed by atoms with E-state index < -0.39 is 0 Å². The van der Waals surface area contributed by atoms with E-state index in [9.17, 15) is 0 Å². The Morgan fingerprint density at radius 3 is 1.47 bits per heavy atom. The van der Waals surface area contributed by atoms with Gasteiger partial charge in [-0.15, -0.1) is 0 Å². The lowest BCUT2D eigenvalue weighted by molar-refractivity contribution is 0.545. The maximum atomic E-state index is 2.51. The van der Waals surface area contributed by atoms with E-state index in [-0.39, 0.29) is 27.1 Å². The molecule has 7 aromatic rings. The van der Waals surface area contributed by atoms with E-state index in [1.54, 1.807) is 0 Å². The van der Waals surface area contributed by atoms with Gasteiger partial charge in [-0.1, -0.05) is 186 Å². The second-order valence-electron chi connectivity index (χ2n) is 21.5. The largest absolute Gasteiger partial charge is 0.310 e. The Bertz CT molecular complexity index is 2900. The summed E-state index contributed by atoms with van der Waals surface area (Å²) < 4.78 is 0. The highest BCUT2D eigenvalue weighted by Crippen LogP contribution is 2.56. The molecule has 0 saturated carbocycles. The van der Waals surface area contributed by atoms with Crippen molar-refractivity contribution in [1.29, 1.82) is 0 Å². The molecule has 0 N–H and O–H groups in total. The number of benzene rings is 7. The highest BCUT2D eigenvalue weighted by molar-refractivity contribution is 5.94. The third-order valence-electron chi connectivity index (χ3n) is 14.5. The Morgan fingerprint density at radius 2 is 0.850 bits per heavy atom. The molecule has 0 unspecified atom stereocenters. The molecular formula is C59H59N. The molecule has 1 nitrogen and oxygen atoms in total. The van der Waals surface area contributed by atoms with Gasteiger partial charge in [0.25, 0.3) is 0 Å². The average molecular weight is 782 g/mol. The second kappa shape index (κ2) is 12.7. The van der Waals surface area contributed by atoms with Gasteiger partial charge in [-0.25, -0.2) is 0 Å². The Morgan fingerprint density at radius 1 is 0.367 bits per heavy atom. The van der Waals surface area contributed by atoms with Crippen LogP contribution in [0.2, 0.25) is 0 Å². The number of anilines is 3. The van der Waals surface area contributed by atoms with Crippen molar-refractivity contribution < 1.29 is 0 Å². The Hall–Kier alpha value is -5.66. The van der Waals surface area contributed by atoms with Crippen molar-refractivity contribution in [3.05, 3.63) is 184 Å². The molecule has 0 fully saturated rings. The molecule has 0 bridgehead atoms. The van der Waals surface area contributed by atoms with Gasteiger partial charge in [0.05, 0.1) is 0 Å². The smallest absolute Gasteiger partial charge is 0.0465 e. The highest BCUT2D eigenvalue weighted by Gasteiger charge is 2.42. The van der Waals surface area contributed by atoms with Gasteiger partial charge in [0.15, 0.2) is 0 Å². The Balaban J connectivity index is 1.15. The lowest BCUT2D eigenvalue weighted by atomic mass is 9.71. The van der Waals surface area contributed by atoms with E-state index in [0.717, 1.165) is 5.69 Å². The van der Waals surface area contributed by atoms with Gasteiger partial charge in [0.2, 0.25) is 0 Å². The predicted octanol–water partition coefficient (Wildman–Crippen LogP) is 16.3. The van der Waals surface area contributed by atoms with Crippen LogP contribution in [0.4, 0.5) is 17.1 Å². The van der Waals surface area contributed by atoms with Crippen LogP contribution in [0.3, 0.4) is 0 Å². The van der Waals surface area contributed by atoms with E-state index in [4.69, 9.17) is 0 Å². The average Bonchev–Trinajstić information content (AvgIpc) is 3.70. The van der Waals surface area contributed by atoms with Gasteiger partial charge in [-0.3, -0.25) is 0 Å². The van der Waals surface area contributed by atoms with Crippen molar-refractivity contribution in [3.8, 4) is 44.5 Å². The van der Waals surface area contributed by atoms with Crippen molar-refractivity contribution in [3.63, 3.8) is 0 Å². The number of hydrogen-bond acceptors (Lipinski definition) is 1. The van der Waals surface area contributed by atoms with Gasteiger partial charge in [-0.2, -0.15) is 0 Å². The SMILES string of the molecule is CC(C)(C)c1cc2c(c(C(C)(C)C)c1)C(C)(C)c1cc(N(c3ccc(-c4cccc5c4-c4ccccc4C5(C)C)cc3)c3ccc4c(c3)C(C)(C)c3ccccc3-4)ccc1-2. The maximum Gasteiger partial charge on any atom is 0.0465 e. The number of fused-ring (bicyclic) bond motifs is 9. The molecule has 300 valence electrons. The first kappa shape index (κ1) is 38.5. The van der Waals surface area contributed by atoms with Crippen molar-refractivity contribution >= 4 is 17.1 Å². The van der Waals surface area contributed by atoms with Crippen LogP contribution in [0.25, 0.3) is 44.5 Å². The van der Waals surface area contributed by atoms with Crippen LogP contribution in [0.1, 0.15) is 128 Å². The van der Waals surface area contributed by atoms with Crippen LogP contribution in [-0.4, -0.2) is 0 Å². The fraction of sp³-hybridized carbons (Fsp3) is 0.288. The van der Waals surface area contributed by atoms with Crippen molar-refractivity contribution in [2.75, 3.05) is 4.90 Å². The first-order valence-electron chi connectivity index (χ1n) is 22.0. The van der Waals surface area contributed by atoms with E-state index in [0.29, 0.717) is 0 Å². The molecule has 0 aromatic heterocycles. The summed E-state index contributed by atoms with van der Waals surface area (Å²) in [5.41, 5.74) is 25.3. The van der Waals surface area contributed by atoms with Crippen LogP contribution < -0.4 is 4.90 Å². The maximum absolute atomic E-state index is 2.51. The lowest BCUT2D eigenvalue weighted by Crippen LogP contribution is -2.25. The van der Waals surface area contributed by atoms with Crippen molar-refractivity contribution in [2.24, 2.45) is 0 Å². The van der Waals surface area contributed by atoms with Crippen LogP contribution in [0.5, 0.6) is 0 Å². The summed E-state index contributed by atoms with van der Waals surface area (Å²) in [6.07, 6.45) is 0. The molecule has 1 heteroatoms. The zero-order valence-electron chi connectivity index (χ0n) is 37.7. The summed E-state index contributed by atoms with van der Waals surface area (Å²) in [5, 5.41) is 0. The third kappa shape index (κ3) is 5.50. The van der Waals surface area contributed by atoms with Gasteiger partial charge in [0, 0.05) is 33.3 Å². The second-order valence-corrected chi connectivity index (χ2v) is 21.5. The van der Waals surface area contributed by atoms with Gasteiger partial charge in [0.1, 0.15) is 0 Å². The summed E-state index contributed by atoms with van der Waals surface area (Å²) in [6.45, 7) is 28.5. The summed E-state index contributed by atoms with van der Waals surface area (Å²) in [5.74, 6) is 0. The molecule has 0 spiro atoms. The first-order chi connectivity index (χ1) is 28.3. The van der Waals surface area contributed by atoms with Crippen molar-refractivity contribution in [2.45, 2.75) is 110 Å². The van der Waals surface area contributed by atoms with E-state index in [1.807, 2.05) is 0 Å². The molecule has 0 heterocycles. The van der Waals surface area contributed by atoms with Crippen LogP contribution >= 0.6 is 0 Å². The molecular weight excluding hydrogens is 723 g/mol. The molecule has 7 aromatic carbocycles. The zero-order chi connectivity index (χ0) is 42.3. The fourth-order valence-corrected chi connectivity index (χ4v) is 11.2. The normalized spacial score (nSPS) is 16.1. The minimum atomic E-state index is -0.172. The lowest BCUT2D eigenvalue weighted by Gasteiger charge is -2.33. The monoisotopic (exact) mass is 781 g/mol. The number of hydrogen-bond donors (Lipinski definition) is 0. The Labute approximate surface area is 359 Å². The van der Waals surface area contributed by atoms with Crippen LogP contribution in [-0.2, 0) is 27.1 Å². The fourth-order valence-electron chi connectivity index (χ4n) is 11.2. The van der Waals surface area contributed by atoms with E-state index >= 15 is 0 Å². The topological polar surface area (TPSA) is 3.24 Å². The number of nitrogens with zero attached hydrogens (tertiary/aromatic N) is 1. The van der Waals surface area contributed by atoms with Gasteiger partial charge in [-0.05, 0) is 136 Å². The summed E-state index contributed by atoms with van der Waals surface area (Å²) >= 11 is 0. The van der Waals surface area contributed by atoms with Gasteiger partial charge < -0.3 is 4.90 Å². The first-order valence-corrected chi connectivity index (χ1v) is 22.0. The van der Waals surface area contributed by atoms with Crippen LogP contribution in [0.15, 0.2) is 140 Å². The molecule has 0 radical (unpaired) electrons. The predicted molar refractivity (Wildman–Crippen MR) is 257 cm³/mol. The molecule has 0 aliphatic heterocycles. The highest BCUT2D eigenvalue weighted by atomic mass is 15.1. The van der Waals surface area contributed by atoms with Crippen molar-refractivity contribution in [1.82, 2.24) is 0 Å². The molecule has 0 atom stereocenters. The molecule has 0 amide bonds. The third-order valence-corrected chi connectivity index (χ3v) is 14.5. The summed E-state index contributed by atoms with van der Waals surface area (Å²) in [7, 11) is 0.